The molecule has 1 aromatic heterocycles. The van der Waals surface area contributed by atoms with Gasteiger partial charge in [-0.1, -0.05) is 12.8 Å². The minimum atomic E-state index is -0.358. The van der Waals surface area contributed by atoms with Crippen molar-refractivity contribution in [2.24, 2.45) is 0 Å². The number of rotatable bonds is 2. The minimum absolute atomic E-state index is 0.00382. The highest BCUT2D eigenvalue weighted by atomic mass is 32.1. The fourth-order valence-electron chi connectivity index (χ4n) is 3.32. The van der Waals surface area contributed by atoms with Crippen LogP contribution in [-0.2, 0) is 11.2 Å². The molecule has 1 unspecified atom stereocenters. The van der Waals surface area contributed by atoms with E-state index < -0.39 is 0 Å². The molecule has 1 heterocycles. The van der Waals surface area contributed by atoms with Crippen LogP contribution in [0.5, 0.6) is 0 Å². The first kappa shape index (κ1) is 13.1. The summed E-state index contributed by atoms with van der Waals surface area (Å²) in [6.07, 6.45) is 6.71. The summed E-state index contributed by atoms with van der Waals surface area (Å²) in [4.78, 5) is 13.8. The van der Waals surface area contributed by atoms with E-state index in [1.807, 2.05) is 0 Å². The number of carbonyl (C=O) groups excluding carboxylic acids is 1. The fraction of sp³-hybridized carbons (Fsp3) is 0.667. The standard InChI is InChI=1S/C15H21NO2S/c17-13-6-2-1-5-12(13)16-15(18)11-4-3-7-14-10(11)8-9-19-14/h8-9,11-13,17H,1-7H2,(H,16,18)/t11?,12-,13-/m0/s1. The largest absolute Gasteiger partial charge is 0.391 e. The van der Waals surface area contributed by atoms with Crippen LogP contribution in [0.25, 0.3) is 0 Å². The normalized spacial score (nSPS) is 30.7. The molecule has 0 bridgehead atoms. The Morgan fingerprint density at radius 2 is 2.11 bits per heavy atom. The van der Waals surface area contributed by atoms with Gasteiger partial charge in [0.1, 0.15) is 0 Å². The van der Waals surface area contributed by atoms with E-state index in [0.29, 0.717) is 0 Å². The highest BCUT2D eigenvalue weighted by Gasteiger charge is 2.31. The zero-order chi connectivity index (χ0) is 13.2. The number of thiophene rings is 1. The molecule has 2 aliphatic carbocycles. The third kappa shape index (κ3) is 2.70. The lowest BCUT2D eigenvalue weighted by atomic mass is 9.86. The van der Waals surface area contributed by atoms with Crippen molar-refractivity contribution in [2.45, 2.75) is 63.0 Å². The Morgan fingerprint density at radius 3 is 2.95 bits per heavy atom. The third-order valence-electron chi connectivity index (χ3n) is 4.43. The second-order valence-corrected chi connectivity index (χ2v) is 6.71. The molecule has 1 amide bonds. The smallest absolute Gasteiger partial charge is 0.227 e. The van der Waals surface area contributed by atoms with Crippen molar-refractivity contribution >= 4 is 17.2 Å². The zero-order valence-corrected chi connectivity index (χ0v) is 11.9. The molecule has 2 aliphatic rings. The van der Waals surface area contributed by atoms with Gasteiger partial charge in [-0.25, -0.2) is 0 Å². The van der Waals surface area contributed by atoms with E-state index in [1.165, 1.54) is 10.4 Å². The van der Waals surface area contributed by atoms with Gasteiger partial charge in [-0.3, -0.25) is 4.79 Å². The minimum Gasteiger partial charge on any atom is -0.391 e. The van der Waals surface area contributed by atoms with Gasteiger partial charge >= 0.3 is 0 Å². The first-order valence-corrected chi connectivity index (χ1v) is 8.18. The van der Waals surface area contributed by atoms with Gasteiger partial charge in [0, 0.05) is 4.88 Å². The molecule has 3 atom stereocenters. The van der Waals surface area contributed by atoms with Gasteiger partial charge in [-0.05, 0) is 49.1 Å². The van der Waals surface area contributed by atoms with Crippen LogP contribution in [-0.4, -0.2) is 23.2 Å². The van der Waals surface area contributed by atoms with Crippen molar-refractivity contribution < 1.29 is 9.90 Å². The lowest BCUT2D eigenvalue weighted by Gasteiger charge is -2.31. The average Bonchev–Trinajstić information content (AvgIpc) is 2.89. The van der Waals surface area contributed by atoms with Crippen LogP contribution in [0.4, 0.5) is 0 Å². The lowest BCUT2D eigenvalue weighted by Crippen LogP contribution is -2.47. The summed E-state index contributed by atoms with van der Waals surface area (Å²) in [7, 11) is 0. The van der Waals surface area contributed by atoms with E-state index in [0.717, 1.165) is 44.9 Å². The number of hydrogen-bond donors (Lipinski definition) is 2. The average molecular weight is 279 g/mol. The van der Waals surface area contributed by atoms with E-state index in [4.69, 9.17) is 0 Å². The molecule has 1 aromatic rings. The number of aliphatic hydroxyl groups is 1. The lowest BCUT2D eigenvalue weighted by molar-refractivity contribution is -0.124. The number of fused-ring (bicyclic) bond motifs is 1. The van der Waals surface area contributed by atoms with E-state index in [-0.39, 0.29) is 24.0 Å². The van der Waals surface area contributed by atoms with Crippen LogP contribution < -0.4 is 5.32 Å². The molecule has 0 aromatic carbocycles. The molecule has 1 fully saturated rings. The van der Waals surface area contributed by atoms with Gasteiger partial charge in [-0.2, -0.15) is 0 Å². The summed E-state index contributed by atoms with van der Waals surface area (Å²) in [5.74, 6) is 0.120. The van der Waals surface area contributed by atoms with Gasteiger partial charge in [-0.15, -0.1) is 11.3 Å². The van der Waals surface area contributed by atoms with Gasteiger partial charge < -0.3 is 10.4 Å². The first-order valence-electron chi connectivity index (χ1n) is 7.30. The van der Waals surface area contributed by atoms with Crippen LogP contribution in [0.3, 0.4) is 0 Å². The van der Waals surface area contributed by atoms with Crippen molar-refractivity contribution in [1.29, 1.82) is 0 Å². The highest BCUT2D eigenvalue weighted by Crippen LogP contribution is 2.35. The van der Waals surface area contributed by atoms with Crippen molar-refractivity contribution in [3.05, 3.63) is 21.9 Å². The molecule has 2 N–H and O–H groups in total. The Bertz CT molecular complexity index is 457. The van der Waals surface area contributed by atoms with Crippen molar-refractivity contribution in [3.63, 3.8) is 0 Å². The SMILES string of the molecule is O=C(N[C@H]1CCCC[C@@H]1O)C1CCCc2sccc21. The van der Waals surface area contributed by atoms with Crippen molar-refractivity contribution in [2.75, 3.05) is 0 Å². The number of amides is 1. The molecule has 19 heavy (non-hydrogen) atoms. The summed E-state index contributed by atoms with van der Waals surface area (Å²) < 4.78 is 0. The number of aryl methyl sites for hydroxylation is 1. The van der Waals surface area contributed by atoms with Crippen LogP contribution in [0.15, 0.2) is 11.4 Å². The maximum absolute atomic E-state index is 12.5. The van der Waals surface area contributed by atoms with Crippen molar-refractivity contribution in [3.8, 4) is 0 Å². The number of aliphatic hydroxyl groups excluding tert-OH is 1. The number of hydrogen-bond acceptors (Lipinski definition) is 3. The molecule has 0 saturated heterocycles. The highest BCUT2D eigenvalue weighted by molar-refractivity contribution is 7.10. The molecular formula is C15H21NO2S. The summed E-state index contributed by atoms with van der Waals surface area (Å²) in [6, 6.07) is 2.06. The molecule has 0 radical (unpaired) electrons. The molecule has 3 nitrogen and oxygen atoms in total. The Kier molecular flexibility index (Phi) is 3.89. The molecule has 4 heteroatoms. The number of carbonyl (C=O) groups is 1. The maximum atomic E-state index is 12.5. The monoisotopic (exact) mass is 279 g/mol. The molecular weight excluding hydrogens is 258 g/mol. The third-order valence-corrected chi connectivity index (χ3v) is 5.42. The molecule has 0 aliphatic heterocycles. The number of nitrogens with one attached hydrogen (secondary N) is 1. The fourth-order valence-corrected chi connectivity index (χ4v) is 4.31. The van der Waals surface area contributed by atoms with Crippen LogP contribution in [0.1, 0.15) is 54.9 Å². The molecule has 1 saturated carbocycles. The van der Waals surface area contributed by atoms with E-state index in [2.05, 4.69) is 16.8 Å². The Labute approximate surface area is 118 Å². The Balaban J connectivity index is 1.68. The second-order valence-electron chi connectivity index (χ2n) is 5.71. The Morgan fingerprint density at radius 1 is 1.26 bits per heavy atom. The van der Waals surface area contributed by atoms with Crippen LogP contribution in [0.2, 0.25) is 0 Å². The maximum Gasteiger partial charge on any atom is 0.227 e. The summed E-state index contributed by atoms with van der Waals surface area (Å²) in [6.45, 7) is 0. The van der Waals surface area contributed by atoms with E-state index in [9.17, 15) is 9.90 Å². The molecule has 3 rings (SSSR count). The Hall–Kier alpha value is -0.870. The van der Waals surface area contributed by atoms with Gasteiger partial charge in [0.05, 0.1) is 18.1 Å². The van der Waals surface area contributed by atoms with Crippen LogP contribution in [0, 0.1) is 0 Å². The predicted molar refractivity (Wildman–Crippen MR) is 76.4 cm³/mol. The van der Waals surface area contributed by atoms with E-state index >= 15 is 0 Å². The predicted octanol–water partition coefficient (Wildman–Crippen LogP) is 2.59. The molecule has 0 spiro atoms. The second kappa shape index (κ2) is 5.63. The van der Waals surface area contributed by atoms with Gasteiger partial charge in [0.2, 0.25) is 5.91 Å². The molecule has 104 valence electrons. The van der Waals surface area contributed by atoms with E-state index in [1.54, 1.807) is 11.3 Å². The quantitative estimate of drug-likeness (QED) is 0.874. The van der Waals surface area contributed by atoms with Crippen LogP contribution >= 0.6 is 11.3 Å². The van der Waals surface area contributed by atoms with Crippen molar-refractivity contribution in [1.82, 2.24) is 5.32 Å². The van der Waals surface area contributed by atoms with Gasteiger partial charge in [0.25, 0.3) is 0 Å². The summed E-state index contributed by atoms with van der Waals surface area (Å²) in [5, 5.41) is 15.1. The first-order chi connectivity index (χ1) is 9.25. The van der Waals surface area contributed by atoms with Gasteiger partial charge in [0.15, 0.2) is 0 Å². The zero-order valence-electron chi connectivity index (χ0n) is 11.1. The topological polar surface area (TPSA) is 49.3 Å². The summed E-state index contributed by atoms with van der Waals surface area (Å²) >= 11 is 1.76. The summed E-state index contributed by atoms with van der Waals surface area (Å²) in [5.41, 5.74) is 1.22.